The number of phenolic OH excluding ortho intramolecular Hbond substituents is 1. The van der Waals surface area contributed by atoms with Gasteiger partial charge in [-0.25, -0.2) is 4.79 Å². The minimum Gasteiger partial charge on any atom is -0.508 e. The highest BCUT2D eigenvalue weighted by molar-refractivity contribution is 6.19. The Morgan fingerprint density at radius 3 is 2.33 bits per heavy atom. The molecule has 1 atom stereocenters. The lowest BCUT2D eigenvalue weighted by molar-refractivity contribution is -0.137. The number of methoxy groups -OCH3 is 2. The number of esters is 1. The number of hydrogen-bond acceptors (Lipinski definition) is 6. The third-order valence-electron chi connectivity index (χ3n) is 5.03. The zero-order chi connectivity index (χ0) is 24.8. The van der Waals surface area contributed by atoms with Crippen molar-refractivity contribution in [2.75, 3.05) is 14.2 Å². The summed E-state index contributed by atoms with van der Waals surface area (Å²) in [5.74, 6) is 0.671. The third kappa shape index (κ3) is 8.93. The highest BCUT2D eigenvalue weighted by Crippen LogP contribution is 2.35. The second kappa shape index (κ2) is 14.6. The fourth-order valence-electron chi connectivity index (χ4n) is 3.49. The molecule has 33 heavy (non-hydrogen) atoms. The van der Waals surface area contributed by atoms with Gasteiger partial charge in [-0.15, -0.1) is 0 Å². The normalized spacial score (nSPS) is 15.2. The zero-order valence-electron chi connectivity index (χ0n) is 20.1. The molecule has 1 aliphatic carbocycles. The minimum absolute atomic E-state index is 0.0481. The molecule has 0 spiro atoms. The van der Waals surface area contributed by atoms with Crippen molar-refractivity contribution in [3.05, 3.63) is 65.2 Å². The van der Waals surface area contributed by atoms with Gasteiger partial charge < -0.3 is 14.6 Å². The first kappa shape index (κ1) is 27.6. The summed E-state index contributed by atoms with van der Waals surface area (Å²) in [6.07, 6.45) is 4.94. The molecule has 0 aliphatic heterocycles. The van der Waals surface area contributed by atoms with Crippen LogP contribution in [0.4, 0.5) is 0 Å². The number of benzene rings is 2. The van der Waals surface area contributed by atoms with E-state index in [1.807, 2.05) is 32.0 Å². The van der Waals surface area contributed by atoms with E-state index in [2.05, 4.69) is 10.8 Å². The van der Waals surface area contributed by atoms with Crippen LogP contribution in [0, 0.1) is 0 Å². The van der Waals surface area contributed by atoms with E-state index in [1.165, 1.54) is 37.8 Å². The van der Waals surface area contributed by atoms with Crippen LogP contribution < -0.4 is 4.74 Å². The summed E-state index contributed by atoms with van der Waals surface area (Å²) in [6, 6.07) is 14.3. The molecule has 1 fully saturated rings. The molecule has 0 radical (unpaired) electrons. The molecule has 0 amide bonds. The largest absolute Gasteiger partial charge is 0.508 e. The van der Waals surface area contributed by atoms with Crippen molar-refractivity contribution >= 4 is 23.6 Å². The van der Waals surface area contributed by atoms with Gasteiger partial charge in [-0.1, -0.05) is 44.2 Å². The Labute approximate surface area is 196 Å². The molecule has 2 aromatic carbocycles. The summed E-state index contributed by atoms with van der Waals surface area (Å²) in [4.78, 5) is 33.9. The smallest absolute Gasteiger partial charge is 0.341 e. The third-order valence-corrected chi connectivity index (χ3v) is 5.03. The van der Waals surface area contributed by atoms with Crippen molar-refractivity contribution in [2.45, 2.75) is 52.4 Å². The van der Waals surface area contributed by atoms with Gasteiger partial charge in [-0.2, -0.15) is 0 Å². The molecule has 1 unspecified atom stereocenters. The molecule has 0 aromatic heterocycles. The van der Waals surface area contributed by atoms with E-state index in [9.17, 15) is 19.5 Å². The Hall–Kier alpha value is -3.41. The van der Waals surface area contributed by atoms with Crippen LogP contribution in [0.3, 0.4) is 0 Å². The quantitative estimate of drug-likeness (QED) is 0.278. The Morgan fingerprint density at radius 2 is 1.76 bits per heavy atom. The van der Waals surface area contributed by atoms with Crippen LogP contribution in [-0.4, -0.2) is 36.9 Å². The Bertz CT molecular complexity index is 961. The molecule has 6 heteroatoms. The molecular formula is C27H34O6. The average Bonchev–Trinajstić information content (AvgIpc) is 2.83. The molecular weight excluding hydrogens is 420 g/mol. The Morgan fingerprint density at radius 1 is 1.06 bits per heavy atom. The molecule has 178 valence electrons. The highest BCUT2D eigenvalue weighted by atomic mass is 16.5. The summed E-state index contributed by atoms with van der Waals surface area (Å²) < 4.78 is 9.81. The topological polar surface area (TPSA) is 89.9 Å². The van der Waals surface area contributed by atoms with Crippen LogP contribution in [0.15, 0.2) is 54.1 Å². The van der Waals surface area contributed by atoms with Gasteiger partial charge in [0.1, 0.15) is 22.9 Å². The van der Waals surface area contributed by atoms with Crippen molar-refractivity contribution < 1.29 is 29.0 Å². The predicted molar refractivity (Wildman–Crippen MR) is 129 cm³/mol. The van der Waals surface area contributed by atoms with Gasteiger partial charge in [-0.05, 0) is 61.1 Å². The maximum Gasteiger partial charge on any atom is 0.341 e. The van der Waals surface area contributed by atoms with Gasteiger partial charge in [0.25, 0.3) is 0 Å². The number of ketones is 2. The van der Waals surface area contributed by atoms with Crippen molar-refractivity contribution in [2.24, 2.45) is 0 Å². The summed E-state index contributed by atoms with van der Waals surface area (Å²) in [5, 5.41) is 9.23. The number of carbonyl (C=O) groups excluding carboxylic acids is 3. The lowest BCUT2D eigenvalue weighted by Gasteiger charge is -2.22. The predicted octanol–water partition coefficient (Wildman–Crippen LogP) is 5.49. The number of phenols is 1. The van der Waals surface area contributed by atoms with Crippen molar-refractivity contribution in [3.8, 4) is 11.5 Å². The summed E-state index contributed by atoms with van der Waals surface area (Å²) in [5.41, 5.74) is 1.71. The fraction of sp³-hybridized carbons (Fsp3) is 0.370. The standard InChI is InChI=1S/C13H16O2.C12H12O4.C2H6/c1-15-13-8-3-2-7-12(13)10-5-4-6-11(14)9-10;1-8(13)11(12(15)16-2)7-9-4-3-5-10(14)6-9;1-2/h2-3,7-8,10H,4-6,9H2,1H3;3-7,14H,1-2H3;1-2H3/b;11-7-;. The Kier molecular flexibility index (Phi) is 12.2. The highest BCUT2D eigenvalue weighted by Gasteiger charge is 2.23. The van der Waals surface area contributed by atoms with E-state index >= 15 is 0 Å². The molecule has 2 aromatic rings. The van der Waals surface area contributed by atoms with Crippen LogP contribution in [-0.2, 0) is 19.1 Å². The summed E-state index contributed by atoms with van der Waals surface area (Å²) in [6.45, 7) is 5.28. The van der Waals surface area contributed by atoms with Crippen molar-refractivity contribution in [1.82, 2.24) is 0 Å². The first-order valence-corrected chi connectivity index (χ1v) is 11.1. The van der Waals surface area contributed by atoms with E-state index in [-0.39, 0.29) is 17.1 Å². The molecule has 1 N–H and O–H groups in total. The second-order valence-corrected chi connectivity index (χ2v) is 7.27. The monoisotopic (exact) mass is 454 g/mol. The maximum atomic E-state index is 11.4. The number of ether oxygens (including phenoxy) is 2. The van der Waals surface area contributed by atoms with Gasteiger partial charge in [0, 0.05) is 12.8 Å². The Balaban J connectivity index is 0.000000307. The van der Waals surface area contributed by atoms with Gasteiger partial charge in [0.2, 0.25) is 0 Å². The molecule has 0 bridgehead atoms. The number of Topliss-reactive ketones (excluding diaryl/α,β-unsaturated/α-hetero) is 2. The van der Waals surface area contributed by atoms with Crippen LogP contribution in [0.2, 0.25) is 0 Å². The van der Waals surface area contributed by atoms with E-state index in [4.69, 9.17) is 4.74 Å². The summed E-state index contributed by atoms with van der Waals surface area (Å²) >= 11 is 0. The van der Waals surface area contributed by atoms with Gasteiger partial charge >= 0.3 is 5.97 Å². The SMILES string of the molecule is CC.COC(=O)/C(=C\c1cccc(O)c1)C(C)=O.COc1ccccc1C1CCCC(=O)C1. The lowest BCUT2D eigenvalue weighted by Crippen LogP contribution is -2.14. The number of rotatable bonds is 5. The van der Waals surface area contributed by atoms with Gasteiger partial charge in [0.15, 0.2) is 5.78 Å². The second-order valence-electron chi connectivity index (χ2n) is 7.27. The number of para-hydroxylation sites is 1. The fourth-order valence-corrected chi connectivity index (χ4v) is 3.49. The van der Waals surface area contributed by atoms with Crippen LogP contribution >= 0.6 is 0 Å². The molecule has 1 aliphatic rings. The van der Waals surface area contributed by atoms with E-state index in [0.29, 0.717) is 23.7 Å². The zero-order valence-corrected chi connectivity index (χ0v) is 20.1. The van der Waals surface area contributed by atoms with Crippen LogP contribution in [0.1, 0.15) is 63.5 Å². The number of hydrogen-bond donors (Lipinski definition) is 1. The van der Waals surface area contributed by atoms with Crippen molar-refractivity contribution in [3.63, 3.8) is 0 Å². The maximum absolute atomic E-state index is 11.4. The van der Waals surface area contributed by atoms with Crippen LogP contribution in [0.25, 0.3) is 6.08 Å². The number of carbonyl (C=O) groups is 3. The van der Waals surface area contributed by atoms with Gasteiger partial charge in [-0.3, -0.25) is 9.59 Å². The minimum atomic E-state index is -0.684. The first-order chi connectivity index (χ1) is 15.8. The first-order valence-electron chi connectivity index (χ1n) is 11.1. The van der Waals surface area contributed by atoms with Gasteiger partial charge in [0.05, 0.1) is 14.2 Å². The van der Waals surface area contributed by atoms with E-state index < -0.39 is 5.97 Å². The molecule has 0 heterocycles. The summed E-state index contributed by atoms with van der Waals surface area (Å²) in [7, 11) is 2.89. The average molecular weight is 455 g/mol. The number of aromatic hydroxyl groups is 1. The molecule has 0 saturated heterocycles. The van der Waals surface area contributed by atoms with Crippen LogP contribution in [0.5, 0.6) is 11.5 Å². The molecule has 3 rings (SSSR count). The van der Waals surface area contributed by atoms with E-state index in [1.54, 1.807) is 19.2 Å². The molecule has 6 nitrogen and oxygen atoms in total. The molecule has 1 saturated carbocycles. The van der Waals surface area contributed by atoms with Crippen molar-refractivity contribution in [1.29, 1.82) is 0 Å². The lowest BCUT2D eigenvalue weighted by atomic mass is 9.83. The van der Waals surface area contributed by atoms with E-state index in [0.717, 1.165) is 25.0 Å².